The minimum absolute atomic E-state index is 0.0298. The number of aromatic nitrogens is 1. The molecule has 5 nitrogen and oxygen atoms in total. The number of carbonyl (C=O) groups excluding carboxylic acids is 2. The molecule has 1 atom stereocenters. The molecule has 2 aromatic carbocycles. The predicted molar refractivity (Wildman–Crippen MR) is 111 cm³/mol. The molecule has 0 radical (unpaired) electrons. The first-order valence-corrected chi connectivity index (χ1v) is 10.4. The van der Waals surface area contributed by atoms with E-state index in [0.29, 0.717) is 11.3 Å². The van der Waals surface area contributed by atoms with Crippen LogP contribution in [0.4, 0.5) is 18.9 Å². The third-order valence-electron chi connectivity index (χ3n) is 5.04. The summed E-state index contributed by atoms with van der Waals surface area (Å²) in [5.74, 6) is -1.10. The largest absolute Gasteiger partial charge is 0.416 e. The third-order valence-corrected chi connectivity index (χ3v) is 5.87. The Labute approximate surface area is 180 Å². The van der Waals surface area contributed by atoms with E-state index in [1.54, 1.807) is 24.4 Å². The number of thiazole rings is 1. The molecular formula is C22H18F3N3O2S. The number of nitrogens with zero attached hydrogens (tertiary/aromatic N) is 2. The minimum Gasteiger partial charge on any atom is -0.338 e. The highest BCUT2D eigenvalue weighted by atomic mass is 32.1. The summed E-state index contributed by atoms with van der Waals surface area (Å²) < 4.78 is 38.7. The van der Waals surface area contributed by atoms with Crippen LogP contribution in [-0.4, -0.2) is 28.2 Å². The highest BCUT2D eigenvalue weighted by Crippen LogP contribution is 2.30. The van der Waals surface area contributed by atoms with Crippen LogP contribution in [0, 0.1) is 5.92 Å². The van der Waals surface area contributed by atoms with Crippen LogP contribution in [0.25, 0.3) is 10.6 Å². The van der Waals surface area contributed by atoms with E-state index in [0.717, 1.165) is 22.7 Å². The molecule has 1 fully saturated rings. The molecule has 1 aliphatic heterocycles. The fraction of sp³-hybridized carbons (Fsp3) is 0.227. The Morgan fingerprint density at radius 2 is 1.97 bits per heavy atom. The Kier molecular flexibility index (Phi) is 5.77. The second-order valence-corrected chi connectivity index (χ2v) is 8.17. The predicted octanol–water partition coefficient (Wildman–Crippen LogP) is 4.82. The molecule has 1 saturated heterocycles. The summed E-state index contributed by atoms with van der Waals surface area (Å²) >= 11 is 1.52. The van der Waals surface area contributed by atoms with Crippen molar-refractivity contribution in [2.45, 2.75) is 19.1 Å². The molecule has 0 aliphatic carbocycles. The molecule has 2 heterocycles. The molecule has 1 aliphatic rings. The number of benzene rings is 2. The molecule has 0 bridgehead atoms. The number of rotatable bonds is 5. The van der Waals surface area contributed by atoms with Crippen molar-refractivity contribution in [2.24, 2.45) is 5.92 Å². The summed E-state index contributed by atoms with van der Waals surface area (Å²) in [6, 6.07) is 12.1. The molecule has 9 heteroatoms. The Balaban J connectivity index is 1.37. The van der Waals surface area contributed by atoms with Crippen LogP contribution in [0.3, 0.4) is 0 Å². The van der Waals surface area contributed by atoms with Gasteiger partial charge in [0.25, 0.3) is 0 Å². The lowest BCUT2D eigenvalue weighted by Crippen LogP contribution is -2.28. The van der Waals surface area contributed by atoms with Gasteiger partial charge in [0, 0.05) is 42.3 Å². The van der Waals surface area contributed by atoms with Crippen LogP contribution < -0.4 is 5.32 Å². The standard InChI is InChI=1S/C22H18F3N3O2S/c23-22(24,25)17-3-1-2-14(10-17)12-28-13-16(11-19(28)29)20(30)27-18-6-4-15(5-7-18)21-26-8-9-31-21/h1-10,16H,11-13H2,(H,27,30). The van der Waals surface area contributed by atoms with Crippen molar-refractivity contribution in [3.8, 4) is 10.6 Å². The average molecular weight is 445 g/mol. The second kappa shape index (κ2) is 8.50. The first-order valence-electron chi connectivity index (χ1n) is 9.54. The highest BCUT2D eigenvalue weighted by Gasteiger charge is 2.35. The van der Waals surface area contributed by atoms with Crippen LogP contribution in [0.5, 0.6) is 0 Å². The lowest BCUT2D eigenvalue weighted by atomic mass is 10.1. The van der Waals surface area contributed by atoms with Crippen LogP contribution in [0.2, 0.25) is 0 Å². The van der Waals surface area contributed by atoms with Crippen molar-refractivity contribution in [3.63, 3.8) is 0 Å². The van der Waals surface area contributed by atoms with Crippen LogP contribution >= 0.6 is 11.3 Å². The van der Waals surface area contributed by atoms with Gasteiger partial charge in [-0.05, 0) is 42.0 Å². The third kappa shape index (κ3) is 4.93. The van der Waals surface area contributed by atoms with Crippen molar-refractivity contribution >= 4 is 28.8 Å². The van der Waals surface area contributed by atoms with Gasteiger partial charge in [-0.2, -0.15) is 13.2 Å². The maximum atomic E-state index is 12.9. The maximum Gasteiger partial charge on any atom is 0.416 e. The molecule has 0 saturated carbocycles. The topological polar surface area (TPSA) is 62.3 Å². The molecular weight excluding hydrogens is 427 g/mol. The lowest BCUT2D eigenvalue weighted by molar-refractivity contribution is -0.137. The summed E-state index contributed by atoms with van der Waals surface area (Å²) in [6.45, 7) is 0.202. The molecule has 2 amide bonds. The van der Waals surface area contributed by atoms with Gasteiger partial charge in [0.2, 0.25) is 11.8 Å². The second-order valence-electron chi connectivity index (χ2n) is 7.28. The smallest absolute Gasteiger partial charge is 0.338 e. The average Bonchev–Trinajstić information content (AvgIpc) is 3.39. The molecule has 1 aromatic heterocycles. The molecule has 4 rings (SSSR count). The Hall–Kier alpha value is -3.20. The number of anilines is 1. The SMILES string of the molecule is O=C(Nc1ccc(-c2nccs2)cc1)C1CC(=O)N(Cc2cccc(C(F)(F)F)c2)C1. The van der Waals surface area contributed by atoms with E-state index < -0.39 is 17.7 Å². The van der Waals surface area contributed by atoms with Crippen LogP contribution in [0.15, 0.2) is 60.1 Å². The van der Waals surface area contributed by atoms with Gasteiger partial charge in [-0.3, -0.25) is 9.59 Å². The lowest BCUT2D eigenvalue weighted by Gasteiger charge is -2.17. The van der Waals surface area contributed by atoms with Gasteiger partial charge in [0.1, 0.15) is 5.01 Å². The quantitative estimate of drug-likeness (QED) is 0.613. The van der Waals surface area contributed by atoms with E-state index in [1.807, 2.05) is 17.5 Å². The zero-order valence-corrected chi connectivity index (χ0v) is 17.0. The molecule has 1 N–H and O–H groups in total. The Morgan fingerprint density at radius 1 is 1.19 bits per heavy atom. The van der Waals surface area contributed by atoms with Gasteiger partial charge in [-0.25, -0.2) is 4.98 Å². The van der Waals surface area contributed by atoms with E-state index >= 15 is 0 Å². The molecule has 0 spiro atoms. The zero-order chi connectivity index (χ0) is 22.0. The molecule has 3 aromatic rings. The van der Waals surface area contributed by atoms with Gasteiger partial charge in [0.05, 0.1) is 11.5 Å². The zero-order valence-electron chi connectivity index (χ0n) is 16.2. The summed E-state index contributed by atoms with van der Waals surface area (Å²) in [7, 11) is 0. The van der Waals surface area contributed by atoms with E-state index in [1.165, 1.54) is 22.3 Å². The van der Waals surface area contributed by atoms with Gasteiger partial charge < -0.3 is 10.2 Å². The number of hydrogen-bond donors (Lipinski definition) is 1. The van der Waals surface area contributed by atoms with E-state index in [-0.39, 0.29) is 31.3 Å². The van der Waals surface area contributed by atoms with Crippen LogP contribution in [0.1, 0.15) is 17.5 Å². The monoisotopic (exact) mass is 445 g/mol. The number of carbonyl (C=O) groups is 2. The number of amides is 2. The first kappa shape index (κ1) is 21.0. The number of likely N-dealkylation sites (tertiary alicyclic amines) is 1. The molecule has 1 unspecified atom stereocenters. The Bertz CT molecular complexity index is 1080. The van der Waals surface area contributed by atoms with E-state index in [2.05, 4.69) is 10.3 Å². The van der Waals surface area contributed by atoms with Crippen molar-refractivity contribution in [2.75, 3.05) is 11.9 Å². The number of hydrogen-bond acceptors (Lipinski definition) is 4. The Morgan fingerprint density at radius 3 is 2.65 bits per heavy atom. The summed E-state index contributed by atoms with van der Waals surface area (Å²) in [4.78, 5) is 30.6. The first-order chi connectivity index (χ1) is 14.8. The van der Waals surface area contributed by atoms with Gasteiger partial charge in [-0.1, -0.05) is 12.1 Å². The fourth-order valence-corrected chi connectivity index (χ4v) is 4.12. The summed E-state index contributed by atoms with van der Waals surface area (Å²) in [6.07, 6.45) is -2.69. The van der Waals surface area contributed by atoms with Crippen molar-refractivity contribution < 1.29 is 22.8 Å². The van der Waals surface area contributed by atoms with Crippen molar-refractivity contribution in [1.82, 2.24) is 9.88 Å². The number of nitrogens with one attached hydrogen (secondary N) is 1. The summed E-state index contributed by atoms with van der Waals surface area (Å²) in [5, 5.41) is 5.57. The van der Waals surface area contributed by atoms with E-state index in [4.69, 9.17) is 0 Å². The van der Waals surface area contributed by atoms with Gasteiger partial charge in [0.15, 0.2) is 0 Å². The summed E-state index contributed by atoms with van der Waals surface area (Å²) in [5.41, 5.74) is 1.17. The molecule has 31 heavy (non-hydrogen) atoms. The number of alkyl halides is 3. The fourth-order valence-electron chi connectivity index (χ4n) is 3.47. The van der Waals surface area contributed by atoms with Gasteiger partial charge >= 0.3 is 6.18 Å². The molecule has 160 valence electrons. The van der Waals surface area contributed by atoms with Crippen molar-refractivity contribution in [1.29, 1.82) is 0 Å². The maximum absolute atomic E-state index is 12.9. The highest BCUT2D eigenvalue weighted by molar-refractivity contribution is 7.13. The van der Waals surface area contributed by atoms with E-state index in [9.17, 15) is 22.8 Å². The van der Waals surface area contributed by atoms with Gasteiger partial charge in [-0.15, -0.1) is 11.3 Å². The normalized spacial score (nSPS) is 16.5. The van der Waals surface area contributed by atoms with Crippen LogP contribution in [-0.2, 0) is 22.3 Å². The van der Waals surface area contributed by atoms with Crippen molar-refractivity contribution in [3.05, 3.63) is 71.2 Å². The number of halogens is 3. The minimum atomic E-state index is -4.44.